The van der Waals surface area contributed by atoms with E-state index in [2.05, 4.69) is 22.3 Å². The number of benzene rings is 2. The van der Waals surface area contributed by atoms with E-state index in [4.69, 9.17) is 9.47 Å². The molecule has 1 aliphatic rings. The van der Waals surface area contributed by atoms with Gasteiger partial charge in [0, 0.05) is 30.9 Å². The number of carbonyl (C=O) groups is 1. The van der Waals surface area contributed by atoms with Crippen molar-refractivity contribution in [3.63, 3.8) is 0 Å². The molecule has 0 fully saturated rings. The molecule has 1 atom stereocenters. The van der Waals surface area contributed by atoms with E-state index in [0.29, 0.717) is 25.5 Å². The Morgan fingerprint density at radius 2 is 1.86 bits per heavy atom. The van der Waals surface area contributed by atoms with Crippen LogP contribution in [0.5, 0.6) is 5.75 Å². The molecule has 0 radical (unpaired) electrons. The van der Waals surface area contributed by atoms with E-state index in [-0.39, 0.29) is 11.9 Å². The third kappa shape index (κ3) is 3.63. The molecule has 6 heteroatoms. The Hall–Kier alpha value is -3.12. The summed E-state index contributed by atoms with van der Waals surface area (Å²) in [6.45, 7) is 3.92. The fraction of sp³-hybridized carbons (Fsp3) is 0.304. The zero-order valence-electron chi connectivity index (χ0n) is 16.7. The zero-order valence-corrected chi connectivity index (χ0v) is 16.7. The van der Waals surface area contributed by atoms with E-state index in [1.165, 1.54) is 0 Å². The summed E-state index contributed by atoms with van der Waals surface area (Å²) in [5, 5.41) is 7.49. The van der Waals surface area contributed by atoms with Crippen LogP contribution >= 0.6 is 0 Å². The molecule has 2 aromatic carbocycles. The molecule has 29 heavy (non-hydrogen) atoms. The quantitative estimate of drug-likeness (QED) is 0.588. The van der Waals surface area contributed by atoms with Crippen molar-refractivity contribution in [2.75, 3.05) is 26.9 Å². The Kier molecular flexibility index (Phi) is 5.62. The van der Waals surface area contributed by atoms with Crippen molar-refractivity contribution in [1.82, 2.24) is 15.1 Å². The highest BCUT2D eigenvalue weighted by molar-refractivity contribution is 6.00. The lowest BCUT2D eigenvalue weighted by Gasteiger charge is -2.26. The van der Waals surface area contributed by atoms with Crippen LogP contribution < -0.4 is 4.74 Å². The molecular formula is C23H25N3O3. The number of H-pyrrole nitrogens is 1. The summed E-state index contributed by atoms with van der Waals surface area (Å²) in [5.41, 5.74) is 4.33. The van der Waals surface area contributed by atoms with Crippen LogP contribution in [-0.4, -0.2) is 47.9 Å². The molecule has 0 spiro atoms. The number of aromatic nitrogens is 2. The van der Waals surface area contributed by atoms with Gasteiger partial charge in [0.05, 0.1) is 18.8 Å². The van der Waals surface area contributed by atoms with Crippen LogP contribution in [0.15, 0.2) is 54.6 Å². The highest BCUT2D eigenvalue weighted by Crippen LogP contribution is 2.42. The number of methoxy groups -OCH3 is 1. The molecule has 4 rings (SSSR count). The first-order valence-corrected chi connectivity index (χ1v) is 9.91. The van der Waals surface area contributed by atoms with E-state index in [1.54, 1.807) is 7.11 Å². The van der Waals surface area contributed by atoms with Crippen molar-refractivity contribution in [3.8, 4) is 17.0 Å². The smallest absolute Gasteiger partial charge is 0.273 e. The van der Waals surface area contributed by atoms with E-state index in [1.807, 2.05) is 54.3 Å². The molecule has 1 N–H and O–H groups in total. The van der Waals surface area contributed by atoms with Gasteiger partial charge in [-0.2, -0.15) is 5.10 Å². The summed E-state index contributed by atoms with van der Waals surface area (Å²) >= 11 is 0. The van der Waals surface area contributed by atoms with Gasteiger partial charge in [-0.15, -0.1) is 0 Å². The number of hydrogen-bond donors (Lipinski definition) is 1. The molecule has 0 saturated carbocycles. The highest BCUT2D eigenvalue weighted by Gasteiger charge is 2.41. The van der Waals surface area contributed by atoms with Gasteiger partial charge in [-0.1, -0.05) is 30.3 Å². The van der Waals surface area contributed by atoms with Crippen molar-refractivity contribution in [3.05, 3.63) is 71.4 Å². The minimum atomic E-state index is -0.170. The fourth-order valence-corrected chi connectivity index (χ4v) is 3.86. The first kappa shape index (κ1) is 19.2. The number of aromatic amines is 1. The SMILES string of the molecule is CCOCCCN1C(=O)c2[nH]nc(-c3ccc(OC)cc3)c2C1c1ccccc1. The topological polar surface area (TPSA) is 67.5 Å². The summed E-state index contributed by atoms with van der Waals surface area (Å²) in [6, 6.07) is 17.7. The second-order valence-corrected chi connectivity index (χ2v) is 6.95. The average Bonchev–Trinajstić information content (AvgIpc) is 3.31. The molecule has 3 aromatic rings. The maximum atomic E-state index is 13.2. The van der Waals surface area contributed by atoms with Crippen molar-refractivity contribution >= 4 is 5.91 Å². The predicted molar refractivity (Wildman–Crippen MR) is 111 cm³/mol. The standard InChI is InChI=1S/C23H25N3O3/c1-3-29-15-7-14-26-22(17-8-5-4-6-9-17)19-20(24-25-21(19)23(26)27)16-10-12-18(28-2)13-11-16/h4-6,8-13,22H,3,7,14-15H2,1-2H3,(H,24,25). The summed E-state index contributed by atoms with van der Waals surface area (Å²) in [7, 11) is 1.64. The van der Waals surface area contributed by atoms with Crippen LogP contribution in [0.4, 0.5) is 0 Å². The number of ether oxygens (including phenoxy) is 2. The Balaban J connectivity index is 1.73. The maximum Gasteiger partial charge on any atom is 0.273 e. The first-order valence-electron chi connectivity index (χ1n) is 9.91. The number of hydrogen-bond acceptors (Lipinski definition) is 4. The molecule has 2 heterocycles. The van der Waals surface area contributed by atoms with E-state index < -0.39 is 0 Å². The fourth-order valence-electron chi connectivity index (χ4n) is 3.86. The van der Waals surface area contributed by atoms with Crippen molar-refractivity contribution < 1.29 is 14.3 Å². The number of fused-ring (bicyclic) bond motifs is 1. The molecule has 1 unspecified atom stereocenters. The lowest BCUT2D eigenvalue weighted by atomic mass is 9.96. The molecule has 0 bridgehead atoms. The minimum absolute atomic E-state index is 0.0161. The number of rotatable bonds is 8. The van der Waals surface area contributed by atoms with Crippen LogP contribution in [0.3, 0.4) is 0 Å². The van der Waals surface area contributed by atoms with Crippen molar-refractivity contribution in [2.24, 2.45) is 0 Å². The number of nitrogens with one attached hydrogen (secondary N) is 1. The molecule has 0 saturated heterocycles. The largest absolute Gasteiger partial charge is 0.497 e. The van der Waals surface area contributed by atoms with E-state index in [0.717, 1.165) is 34.6 Å². The monoisotopic (exact) mass is 391 g/mol. The number of carbonyl (C=O) groups excluding carboxylic acids is 1. The van der Waals surface area contributed by atoms with E-state index in [9.17, 15) is 4.79 Å². The van der Waals surface area contributed by atoms with E-state index >= 15 is 0 Å². The Labute approximate surface area is 170 Å². The molecular weight excluding hydrogens is 366 g/mol. The lowest BCUT2D eigenvalue weighted by molar-refractivity contribution is 0.0710. The van der Waals surface area contributed by atoms with Gasteiger partial charge in [0.2, 0.25) is 0 Å². The molecule has 150 valence electrons. The van der Waals surface area contributed by atoms with Crippen LogP contribution in [0.2, 0.25) is 0 Å². The summed E-state index contributed by atoms with van der Waals surface area (Å²) in [4.78, 5) is 15.1. The molecule has 6 nitrogen and oxygen atoms in total. The third-order valence-corrected chi connectivity index (χ3v) is 5.23. The summed E-state index contributed by atoms with van der Waals surface area (Å²) < 4.78 is 10.7. The first-order chi connectivity index (χ1) is 14.2. The van der Waals surface area contributed by atoms with Gasteiger partial charge >= 0.3 is 0 Å². The number of amides is 1. The maximum absolute atomic E-state index is 13.2. The molecule has 1 aliphatic heterocycles. The van der Waals surface area contributed by atoms with Gasteiger partial charge in [-0.05, 0) is 43.2 Å². The lowest BCUT2D eigenvalue weighted by Crippen LogP contribution is -2.31. The minimum Gasteiger partial charge on any atom is -0.497 e. The predicted octanol–water partition coefficient (Wildman–Crippen LogP) is 4.06. The van der Waals surface area contributed by atoms with Crippen LogP contribution in [0, 0.1) is 0 Å². The van der Waals surface area contributed by atoms with Crippen LogP contribution in [-0.2, 0) is 4.74 Å². The summed E-state index contributed by atoms with van der Waals surface area (Å²) in [6.07, 6.45) is 0.790. The molecule has 0 aliphatic carbocycles. The van der Waals surface area contributed by atoms with Crippen molar-refractivity contribution in [1.29, 1.82) is 0 Å². The Morgan fingerprint density at radius 1 is 1.10 bits per heavy atom. The van der Waals surface area contributed by atoms with Gasteiger partial charge in [-0.25, -0.2) is 0 Å². The molecule has 1 amide bonds. The van der Waals surface area contributed by atoms with Gasteiger partial charge in [0.1, 0.15) is 11.4 Å². The Morgan fingerprint density at radius 3 is 2.55 bits per heavy atom. The van der Waals surface area contributed by atoms with Gasteiger partial charge < -0.3 is 14.4 Å². The highest BCUT2D eigenvalue weighted by atomic mass is 16.5. The second-order valence-electron chi connectivity index (χ2n) is 6.95. The Bertz CT molecular complexity index is 967. The van der Waals surface area contributed by atoms with Gasteiger partial charge in [-0.3, -0.25) is 9.89 Å². The normalized spacial score (nSPS) is 15.6. The van der Waals surface area contributed by atoms with Gasteiger partial charge in [0.25, 0.3) is 5.91 Å². The molecule has 1 aromatic heterocycles. The average molecular weight is 391 g/mol. The number of nitrogens with zero attached hydrogens (tertiary/aromatic N) is 2. The van der Waals surface area contributed by atoms with Crippen LogP contribution in [0.25, 0.3) is 11.3 Å². The second kappa shape index (κ2) is 8.49. The zero-order chi connectivity index (χ0) is 20.2. The summed E-state index contributed by atoms with van der Waals surface area (Å²) in [5.74, 6) is 0.770. The van der Waals surface area contributed by atoms with Crippen molar-refractivity contribution in [2.45, 2.75) is 19.4 Å². The third-order valence-electron chi connectivity index (χ3n) is 5.23. The van der Waals surface area contributed by atoms with Crippen LogP contribution in [0.1, 0.15) is 41.0 Å². The van der Waals surface area contributed by atoms with Gasteiger partial charge in [0.15, 0.2) is 0 Å².